The summed E-state index contributed by atoms with van der Waals surface area (Å²) in [7, 11) is 0. The minimum absolute atomic E-state index is 0.00487. The summed E-state index contributed by atoms with van der Waals surface area (Å²) in [6.07, 6.45) is 7.67. The highest BCUT2D eigenvalue weighted by atomic mass is 16.3. The number of hydrogen-bond acceptors (Lipinski definition) is 4. The van der Waals surface area contributed by atoms with Gasteiger partial charge in [0.2, 0.25) is 0 Å². The van der Waals surface area contributed by atoms with Crippen molar-refractivity contribution in [3.63, 3.8) is 0 Å². The van der Waals surface area contributed by atoms with Gasteiger partial charge >= 0.3 is 6.03 Å². The topological polar surface area (TPSA) is 83.3 Å². The normalized spacial score (nSPS) is 20.2. The third-order valence-electron chi connectivity index (χ3n) is 4.66. The lowest BCUT2D eigenvalue weighted by atomic mass is 9.87. The summed E-state index contributed by atoms with van der Waals surface area (Å²) >= 11 is 0. The average molecular weight is 343 g/mol. The molecule has 1 aliphatic rings. The van der Waals surface area contributed by atoms with Crippen molar-refractivity contribution in [2.75, 3.05) is 18.5 Å². The first-order valence-corrected chi connectivity index (χ1v) is 8.70. The number of nitrogens with one attached hydrogen (secondary N) is 1. The predicted molar refractivity (Wildman–Crippen MR) is 95.6 cm³/mol. The van der Waals surface area contributed by atoms with Crippen LogP contribution in [0.1, 0.15) is 33.1 Å². The Hall–Kier alpha value is -2.41. The molecule has 2 amide bonds. The fourth-order valence-electron chi connectivity index (χ4n) is 3.65. The Morgan fingerprint density at radius 3 is 2.88 bits per heavy atom. The van der Waals surface area contributed by atoms with Crippen molar-refractivity contribution < 1.29 is 9.90 Å². The molecule has 3 heterocycles. The van der Waals surface area contributed by atoms with Gasteiger partial charge in [-0.05, 0) is 43.4 Å². The molecule has 1 atom stereocenters. The molecule has 0 radical (unpaired) electrons. The predicted octanol–water partition coefficient (Wildman–Crippen LogP) is 2.67. The number of aliphatic hydroxyl groups is 1. The molecule has 0 saturated carbocycles. The lowest BCUT2D eigenvalue weighted by Crippen LogP contribution is -2.52. The van der Waals surface area contributed by atoms with E-state index < -0.39 is 5.54 Å². The maximum absolute atomic E-state index is 12.7. The van der Waals surface area contributed by atoms with E-state index in [9.17, 15) is 9.90 Å². The summed E-state index contributed by atoms with van der Waals surface area (Å²) < 4.78 is 1.66. The van der Waals surface area contributed by atoms with E-state index in [0.29, 0.717) is 24.0 Å². The van der Waals surface area contributed by atoms with Gasteiger partial charge in [-0.25, -0.2) is 14.5 Å². The standard InChI is InChI=1S/C18H25N5O2/c1-14(2)11-18(13-24)7-3-9-22(18)17(25)21-15-5-6-16(19-12-15)23-10-4-8-20-23/h4-6,8,10,12,14,24H,3,7,9,11,13H2,1-2H3,(H,21,25)/t18-/m1/s1. The van der Waals surface area contributed by atoms with Gasteiger partial charge in [0.05, 0.1) is 24.0 Å². The van der Waals surface area contributed by atoms with Gasteiger partial charge in [-0.15, -0.1) is 0 Å². The van der Waals surface area contributed by atoms with Gasteiger partial charge < -0.3 is 15.3 Å². The molecule has 0 bridgehead atoms. The minimum atomic E-state index is -0.458. The Morgan fingerprint density at radius 2 is 2.28 bits per heavy atom. The first kappa shape index (κ1) is 17.4. The molecule has 3 rings (SSSR count). The van der Waals surface area contributed by atoms with E-state index in [-0.39, 0.29) is 12.6 Å². The van der Waals surface area contributed by atoms with E-state index in [1.807, 2.05) is 12.3 Å². The molecule has 25 heavy (non-hydrogen) atoms. The summed E-state index contributed by atoms with van der Waals surface area (Å²) in [5.41, 5.74) is 0.171. The molecule has 2 N–H and O–H groups in total. The van der Waals surface area contributed by atoms with Gasteiger partial charge in [-0.1, -0.05) is 13.8 Å². The van der Waals surface area contributed by atoms with Crippen LogP contribution in [-0.4, -0.2) is 49.5 Å². The Bertz CT molecular complexity index is 699. The van der Waals surface area contributed by atoms with Gasteiger partial charge in [-0.3, -0.25) is 0 Å². The summed E-state index contributed by atoms with van der Waals surface area (Å²) in [5.74, 6) is 1.10. The van der Waals surface area contributed by atoms with E-state index >= 15 is 0 Å². The molecule has 7 heteroatoms. The number of pyridine rings is 1. The highest BCUT2D eigenvalue weighted by Crippen LogP contribution is 2.35. The molecular formula is C18H25N5O2. The Balaban J connectivity index is 1.71. The van der Waals surface area contributed by atoms with E-state index in [2.05, 4.69) is 29.2 Å². The second-order valence-electron chi connectivity index (χ2n) is 7.02. The van der Waals surface area contributed by atoms with Crippen LogP contribution < -0.4 is 5.32 Å². The van der Waals surface area contributed by atoms with Crippen molar-refractivity contribution >= 4 is 11.7 Å². The van der Waals surface area contributed by atoms with Crippen LogP contribution in [-0.2, 0) is 0 Å². The van der Waals surface area contributed by atoms with Gasteiger partial charge in [0.25, 0.3) is 0 Å². The fraction of sp³-hybridized carbons (Fsp3) is 0.500. The number of nitrogens with zero attached hydrogens (tertiary/aromatic N) is 4. The molecule has 0 aliphatic carbocycles. The molecule has 1 saturated heterocycles. The van der Waals surface area contributed by atoms with Crippen LogP contribution in [0.3, 0.4) is 0 Å². The summed E-state index contributed by atoms with van der Waals surface area (Å²) in [6, 6.07) is 5.26. The summed E-state index contributed by atoms with van der Waals surface area (Å²) in [5, 5.41) is 17.0. The maximum atomic E-state index is 12.7. The number of likely N-dealkylation sites (tertiary alicyclic amines) is 1. The lowest BCUT2D eigenvalue weighted by molar-refractivity contribution is 0.0728. The minimum Gasteiger partial charge on any atom is -0.394 e. The number of carbonyl (C=O) groups is 1. The molecule has 134 valence electrons. The fourth-order valence-corrected chi connectivity index (χ4v) is 3.65. The molecule has 1 fully saturated rings. The maximum Gasteiger partial charge on any atom is 0.322 e. The highest BCUT2D eigenvalue weighted by molar-refractivity contribution is 5.90. The van der Waals surface area contributed by atoms with Crippen molar-refractivity contribution in [2.24, 2.45) is 5.92 Å². The van der Waals surface area contributed by atoms with Gasteiger partial charge in [-0.2, -0.15) is 5.10 Å². The monoisotopic (exact) mass is 343 g/mol. The van der Waals surface area contributed by atoms with Crippen LogP contribution in [0.5, 0.6) is 0 Å². The van der Waals surface area contributed by atoms with E-state index in [0.717, 1.165) is 19.3 Å². The molecule has 7 nitrogen and oxygen atoms in total. The molecule has 2 aromatic rings. The number of carbonyl (C=O) groups excluding carboxylic acids is 1. The summed E-state index contributed by atoms with van der Waals surface area (Å²) in [4.78, 5) is 18.9. The van der Waals surface area contributed by atoms with Crippen LogP contribution >= 0.6 is 0 Å². The zero-order chi connectivity index (χ0) is 17.9. The number of urea groups is 1. The van der Waals surface area contributed by atoms with Crippen molar-refractivity contribution in [3.8, 4) is 5.82 Å². The Kier molecular flexibility index (Phi) is 5.03. The smallest absolute Gasteiger partial charge is 0.322 e. The van der Waals surface area contributed by atoms with E-state index in [4.69, 9.17) is 0 Å². The first-order valence-electron chi connectivity index (χ1n) is 8.70. The van der Waals surface area contributed by atoms with E-state index in [1.54, 1.807) is 34.1 Å². The van der Waals surface area contributed by atoms with Crippen LogP contribution in [0, 0.1) is 5.92 Å². The number of aliphatic hydroxyl groups excluding tert-OH is 1. The zero-order valence-corrected chi connectivity index (χ0v) is 14.7. The van der Waals surface area contributed by atoms with Crippen molar-refractivity contribution in [1.29, 1.82) is 0 Å². The van der Waals surface area contributed by atoms with Crippen molar-refractivity contribution in [3.05, 3.63) is 36.8 Å². The second kappa shape index (κ2) is 7.23. The Labute approximate surface area is 147 Å². The number of aromatic nitrogens is 3. The quantitative estimate of drug-likeness (QED) is 0.874. The van der Waals surface area contributed by atoms with Gasteiger partial charge in [0.1, 0.15) is 0 Å². The summed E-state index contributed by atoms with van der Waals surface area (Å²) in [6.45, 7) is 4.89. The van der Waals surface area contributed by atoms with Gasteiger partial charge in [0.15, 0.2) is 5.82 Å². The highest BCUT2D eigenvalue weighted by Gasteiger charge is 2.43. The van der Waals surface area contributed by atoms with Crippen molar-refractivity contribution in [2.45, 2.75) is 38.6 Å². The molecule has 0 spiro atoms. The number of hydrogen-bond donors (Lipinski definition) is 2. The molecular weight excluding hydrogens is 318 g/mol. The number of rotatable bonds is 5. The largest absolute Gasteiger partial charge is 0.394 e. The van der Waals surface area contributed by atoms with Gasteiger partial charge in [0, 0.05) is 18.9 Å². The third kappa shape index (κ3) is 3.66. The second-order valence-corrected chi connectivity index (χ2v) is 7.02. The number of anilines is 1. The Morgan fingerprint density at radius 1 is 1.44 bits per heavy atom. The lowest BCUT2D eigenvalue weighted by Gasteiger charge is -2.38. The van der Waals surface area contributed by atoms with E-state index in [1.165, 1.54) is 0 Å². The molecule has 1 aliphatic heterocycles. The SMILES string of the molecule is CC(C)C[C@@]1(CO)CCCN1C(=O)Nc1ccc(-n2cccn2)nc1. The van der Waals surface area contributed by atoms with Crippen molar-refractivity contribution in [1.82, 2.24) is 19.7 Å². The van der Waals surface area contributed by atoms with Crippen LogP contribution in [0.4, 0.5) is 10.5 Å². The molecule has 0 aromatic carbocycles. The van der Waals surface area contributed by atoms with Crippen LogP contribution in [0.2, 0.25) is 0 Å². The first-order chi connectivity index (χ1) is 12.0. The van der Waals surface area contributed by atoms with Crippen LogP contribution in [0.15, 0.2) is 36.8 Å². The molecule has 0 unspecified atom stereocenters. The zero-order valence-electron chi connectivity index (χ0n) is 14.7. The average Bonchev–Trinajstić information content (AvgIpc) is 3.25. The third-order valence-corrected chi connectivity index (χ3v) is 4.66. The number of amides is 2. The molecule has 2 aromatic heterocycles. The van der Waals surface area contributed by atoms with Crippen LogP contribution in [0.25, 0.3) is 5.82 Å².